The van der Waals surface area contributed by atoms with Crippen LogP contribution in [0.1, 0.15) is 0 Å². The van der Waals surface area contributed by atoms with Crippen molar-refractivity contribution in [1.82, 2.24) is 5.32 Å². The van der Waals surface area contributed by atoms with Crippen LogP contribution in [0.4, 0.5) is 13.2 Å². The monoisotopic (exact) mass is 313 g/mol. The fraction of sp³-hybridized carbons (Fsp3) is 0.400. The highest BCUT2D eigenvalue weighted by molar-refractivity contribution is 9.10. The summed E-state index contributed by atoms with van der Waals surface area (Å²) in [6, 6.07) is 7.67. The third-order valence-corrected chi connectivity index (χ3v) is 3.23. The minimum absolute atomic E-state index is 0.347. The maximum absolute atomic E-state index is 11.8. The molecule has 1 aromatic carbocycles. The van der Waals surface area contributed by atoms with Crippen molar-refractivity contribution in [3.05, 3.63) is 28.7 Å². The van der Waals surface area contributed by atoms with Gasteiger partial charge >= 0.3 is 6.18 Å². The molecule has 0 saturated heterocycles. The van der Waals surface area contributed by atoms with E-state index in [1.54, 1.807) is 0 Å². The molecule has 0 aliphatic rings. The lowest BCUT2D eigenvalue weighted by Gasteiger charge is -2.07. The minimum atomic E-state index is -4.12. The van der Waals surface area contributed by atoms with Crippen molar-refractivity contribution in [2.75, 3.05) is 18.8 Å². The molecule has 0 radical (unpaired) electrons. The van der Waals surface area contributed by atoms with Crippen LogP contribution in [0, 0.1) is 0 Å². The summed E-state index contributed by atoms with van der Waals surface area (Å²) in [6.07, 6.45) is -4.12. The molecule has 0 atom stereocenters. The Balaban J connectivity index is 2.14. The molecule has 6 heteroatoms. The van der Waals surface area contributed by atoms with E-state index in [1.165, 1.54) is 11.8 Å². The lowest BCUT2D eigenvalue weighted by Crippen LogP contribution is -2.30. The van der Waals surface area contributed by atoms with E-state index in [-0.39, 0.29) is 0 Å². The zero-order valence-corrected chi connectivity index (χ0v) is 10.8. The Bertz CT molecular complexity index is 313. The standard InChI is InChI=1S/C10H11BrF3NS/c11-8-1-3-9(4-2-8)16-6-5-15-7-10(12,13)14/h1-4,15H,5-7H2. The zero-order chi connectivity index (χ0) is 12.0. The van der Waals surface area contributed by atoms with Crippen molar-refractivity contribution in [1.29, 1.82) is 0 Å². The van der Waals surface area contributed by atoms with Gasteiger partial charge in [-0.3, -0.25) is 0 Å². The second-order valence-corrected chi connectivity index (χ2v) is 5.18. The molecule has 1 aromatic rings. The van der Waals surface area contributed by atoms with Gasteiger partial charge in [-0.1, -0.05) is 15.9 Å². The van der Waals surface area contributed by atoms with Gasteiger partial charge in [0.2, 0.25) is 0 Å². The molecule has 0 unspecified atom stereocenters. The molecule has 0 aliphatic heterocycles. The summed E-state index contributed by atoms with van der Waals surface area (Å²) in [6.45, 7) is -0.575. The van der Waals surface area contributed by atoms with E-state index in [2.05, 4.69) is 21.2 Å². The third-order valence-electron chi connectivity index (χ3n) is 1.69. The molecule has 1 nitrogen and oxygen atoms in total. The van der Waals surface area contributed by atoms with Crippen LogP contribution in [0.2, 0.25) is 0 Å². The van der Waals surface area contributed by atoms with E-state index in [1.807, 2.05) is 24.3 Å². The van der Waals surface area contributed by atoms with E-state index in [0.717, 1.165) is 9.37 Å². The maximum Gasteiger partial charge on any atom is 0.401 e. The molecule has 0 saturated carbocycles. The van der Waals surface area contributed by atoms with E-state index >= 15 is 0 Å². The second-order valence-electron chi connectivity index (χ2n) is 3.09. The lowest BCUT2D eigenvalue weighted by atomic mass is 10.4. The number of alkyl halides is 3. The van der Waals surface area contributed by atoms with E-state index in [0.29, 0.717) is 12.3 Å². The summed E-state index contributed by atoms with van der Waals surface area (Å²) >= 11 is 4.84. The fourth-order valence-corrected chi connectivity index (χ4v) is 2.08. The highest BCUT2D eigenvalue weighted by atomic mass is 79.9. The van der Waals surface area contributed by atoms with Gasteiger partial charge in [-0.15, -0.1) is 11.8 Å². The molecule has 0 amide bonds. The van der Waals surface area contributed by atoms with E-state index in [4.69, 9.17) is 0 Å². The number of thioether (sulfide) groups is 1. The summed E-state index contributed by atoms with van der Waals surface area (Å²) in [4.78, 5) is 1.05. The summed E-state index contributed by atoms with van der Waals surface area (Å²) < 4.78 is 36.3. The highest BCUT2D eigenvalue weighted by Crippen LogP contribution is 2.20. The van der Waals surface area contributed by atoms with Crippen LogP contribution in [-0.4, -0.2) is 25.0 Å². The molecule has 0 aliphatic carbocycles. The fourth-order valence-electron chi connectivity index (χ4n) is 1.00. The minimum Gasteiger partial charge on any atom is -0.308 e. The first kappa shape index (κ1) is 13.9. The third kappa shape index (κ3) is 6.40. The summed E-state index contributed by atoms with van der Waals surface area (Å²) in [5.74, 6) is 0.623. The molecule has 0 fully saturated rings. The maximum atomic E-state index is 11.8. The summed E-state index contributed by atoms with van der Waals surface area (Å²) in [7, 11) is 0. The van der Waals surface area contributed by atoms with Gasteiger partial charge in [0.15, 0.2) is 0 Å². The smallest absolute Gasteiger partial charge is 0.308 e. The quantitative estimate of drug-likeness (QED) is 0.657. The van der Waals surface area contributed by atoms with Gasteiger partial charge in [0.25, 0.3) is 0 Å². The Morgan fingerprint density at radius 1 is 1.19 bits per heavy atom. The molecule has 0 heterocycles. The number of benzene rings is 1. The lowest BCUT2D eigenvalue weighted by molar-refractivity contribution is -0.124. The Morgan fingerprint density at radius 3 is 2.38 bits per heavy atom. The van der Waals surface area contributed by atoms with Gasteiger partial charge in [0.1, 0.15) is 0 Å². The number of hydrogen-bond acceptors (Lipinski definition) is 2. The van der Waals surface area contributed by atoms with Gasteiger partial charge in [0, 0.05) is 21.7 Å². The average molecular weight is 314 g/mol. The Morgan fingerprint density at radius 2 is 1.81 bits per heavy atom. The van der Waals surface area contributed by atoms with Gasteiger partial charge < -0.3 is 5.32 Å². The SMILES string of the molecule is FC(F)(F)CNCCSc1ccc(Br)cc1. The molecule has 90 valence electrons. The number of halogens is 4. The Hall–Kier alpha value is -0.200. The Labute approximate surface area is 105 Å². The topological polar surface area (TPSA) is 12.0 Å². The van der Waals surface area contributed by atoms with Crippen LogP contribution in [-0.2, 0) is 0 Å². The van der Waals surface area contributed by atoms with Crippen LogP contribution in [0.15, 0.2) is 33.6 Å². The normalized spacial score (nSPS) is 11.8. The largest absolute Gasteiger partial charge is 0.401 e. The number of rotatable bonds is 5. The predicted octanol–water partition coefficient (Wildman–Crippen LogP) is 3.69. The van der Waals surface area contributed by atoms with Gasteiger partial charge in [-0.25, -0.2) is 0 Å². The van der Waals surface area contributed by atoms with Crippen molar-refractivity contribution >= 4 is 27.7 Å². The van der Waals surface area contributed by atoms with Crippen LogP contribution >= 0.6 is 27.7 Å². The average Bonchev–Trinajstić information content (AvgIpc) is 2.19. The molecule has 0 spiro atoms. The van der Waals surface area contributed by atoms with E-state index in [9.17, 15) is 13.2 Å². The summed E-state index contributed by atoms with van der Waals surface area (Å²) in [5.41, 5.74) is 0. The molecular formula is C10H11BrF3NS. The van der Waals surface area contributed by atoms with Crippen LogP contribution < -0.4 is 5.32 Å². The van der Waals surface area contributed by atoms with Crippen molar-refractivity contribution in [3.63, 3.8) is 0 Å². The van der Waals surface area contributed by atoms with Crippen molar-refractivity contribution in [2.24, 2.45) is 0 Å². The number of nitrogens with one attached hydrogen (secondary N) is 1. The van der Waals surface area contributed by atoms with Crippen molar-refractivity contribution in [2.45, 2.75) is 11.1 Å². The van der Waals surface area contributed by atoms with E-state index < -0.39 is 12.7 Å². The van der Waals surface area contributed by atoms with Crippen LogP contribution in [0.5, 0.6) is 0 Å². The van der Waals surface area contributed by atoms with Crippen LogP contribution in [0.3, 0.4) is 0 Å². The first-order chi connectivity index (χ1) is 7.47. The molecule has 1 rings (SSSR count). The number of hydrogen-bond donors (Lipinski definition) is 1. The molecule has 0 aromatic heterocycles. The first-order valence-electron chi connectivity index (χ1n) is 4.63. The van der Waals surface area contributed by atoms with Crippen LogP contribution in [0.25, 0.3) is 0 Å². The molecule has 1 N–H and O–H groups in total. The van der Waals surface area contributed by atoms with Crippen molar-refractivity contribution in [3.8, 4) is 0 Å². The zero-order valence-electron chi connectivity index (χ0n) is 8.35. The Kier molecular flexibility index (Phi) is 5.64. The highest BCUT2D eigenvalue weighted by Gasteiger charge is 2.25. The van der Waals surface area contributed by atoms with Gasteiger partial charge in [-0.2, -0.15) is 13.2 Å². The summed E-state index contributed by atoms with van der Waals surface area (Å²) in [5, 5.41) is 2.35. The van der Waals surface area contributed by atoms with Gasteiger partial charge in [0.05, 0.1) is 6.54 Å². The first-order valence-corrected chi connectivity index (χ1v) is 6.41. The molecular weight excluding hydrogens is 303 g/mol. The van der Waals surface area contributed by atoms with Gasteiger partial charge in [-0.05, 0) is 24.3 Å². The second kappa shape index (κ2) is 6.51. The predicted molar refractivity (Wildman–Crippen MR) is 63.8 cm³/mol. The van der Waals surface area contributed by atoms with Crippen molar-refractivity contribution < 1.29 is 13.2 Å². The molecule has 16 heavy (non-hydrogen) atoms. The molecule has 0 bridgehead atoms.